The summed E-state index contributed by atoms with van der Waals surface area (Å²) in [6.45, 7) is 6.31. The lowest BCUT2D eigenvalue weighted by Crippen LogP contribution is -2.55. The van der Waals surface area contributed by atoms with Crippen LogP contribution in [0.15, 0.2) is 0 Å². The molecule has 4 bridgehead atoms. The molecule has 4 saturated carbocycles. The number of hydrogen-bond acceptors (Lipinski definition) is 2. The Morgan fingerprint density at radius 2 is 1.42 bits per heavy atom. The quantitative estimate of drug-likeness (QED) is 0.864. The van der Waals surface area contributed by atoms with E-state index in [9.17, 15) is 9.59 Å². The summed E-state index contributed by atoms with van der Waals surface area (Å²) in [5.74, 6) is 3.71. The van der Waals surface area contributed by atoms with Crippen molar-refractivity contribution in [2.24, 2.45) is 35.0 Å². The van der Waals surface area contributed by atoms with Gasteiger partial charge in [0.15, 0.2) is 0 Å². The molecule has 5 aliphatic rings. The average Bonchev–Trinajstić information content (AvgIpc) is 2.50. The van der Waals surface area contributed by atoms with Gasteiger partial charge in [-0.1, -0.05) is 13.8 Å². The molecule has 0 aromatic heterocycles. The van der Waals surface area contributed by atoms with Crippen LogP contribution in [0.1, 0.15) is 58.8 Å². The summed E-state index contributed by atoms with van der Waals surface area (Å²) in [6.07, 6.45) is 8.42. The van der Waals surface area contributed by atoms with Crippen molar-refractivity contribution in [1.82, 2.24) is 10.2 Å². The first-order chi connectivity index (χ1) is 11.4. The Labute approximate surface area is 145 Å². The summed E-state index contributed by atoms with van der Waals surface area (Å²) in [6, 6.07) is 0. The molecule has 24 heavy (non-hydrogen) atoms. The van der Waals surface area contributed by atoms with Crippen molar-refractivity contribution in [3.8, 4) is 0 Å². The van der Waals surface area contributed by atoms with Crippen LogP contribution in [-0.2, 0) is 9.59 Å². The topological polar surface area (TPSA) is 49.4 Å². The predicted octanol–water partition coefficient (Wildman–Crippen LogP) is 2.82. The third-order valence-corrected chi connectivity index (χ3v) is 7.14. The summed E-state index contributed by atoms with van der Waals surface area (Å²) in [4.78, 5) is 27.4. The lowest BCUT2D eigenvalue weighted by Gasteiger charge is -2.55. The van der Waals surface area contributed by atoms with Crippen molar-refractivity contribution in [2.75, 3.05) is 19.6 Å². The van der Waals surface area contributed by atoms with Gasteiger partial charge in [-0.3, -0.25) is 9.59 Å². The Morgan fingerprint density at radius 3 is 1.92 bits per heavy atom. The molecule has 4 aliphatic carbocycles. The first kappa shape index (κ1) is 16.4. The van der Waals surface area contributed by atoms with Crippen molar-refractivity contribution in [3.63, 3.8) is 0 Å². The molecule has 5 fully saturated rings. The second-order valence-electron chi connectivity index (χ2n) is 9.63. The normalized spacial score (nSPS) is 43.8. The van der Waals surface area contributed by atoms with Crippen LogP contribution < -0.4 is 5.32 Å². The number of nitrogens with one attached hydrogen (secondary N) is 1. The van der Waals surface area contributed by atoms with Crippen molar-refractivity contribution >= 4 is 11.8 Å². The maximum atomic E-state index is 12.9. The van der Waals surface area contributed by atoms with Gasteiger partial charge in [0.05, 0.1) is 6.54 Å². The van der Waals surface area contributed by atoms with Gasteiger partial charge in [-0.25, -0.2) is 0 Å². The molecule has 4 nitrogen and oxygen atoms in total. The van der Waals surface area contributed by atoms with Crippen molar-refractivity contribution in [1.29, 1.82) is 0 Å². The van der Waals surface area contributed by atoms with Crippen LogP contribution in [0, 0.1) is 35.0 Å². The van der Waals surface area contributed by atoms with Crippen LogP contribution in [0.3, 0.4) is 0 Å². The van der Waals surface area contributed by atoms with E-state index in [1.165, 1.54) is 25.7 Å². The fourth-order valence-corrected chi connectivity index (χ4v) is 6.71. The Hall–Kier alpha value is -1.06. The van der Waals surface area contributed by atoms with Gasteiger partial charge in [-0.05, 0) is 74.5 Å². The van der Waals surface area contributed by atoms with Crippen LogP contribution in [0.25, 0.3) is 0 Å². The third-order valence-electron chi connectivity index (χ3n) is 7.14. The van der Waals surface area contributed by atoms with Gasteiger partial charge in [0.1, 0.15) is 0 Å². The highest BCUT2D eigenvalue weighted by Gasteiger charge is 2.54. The van der Waals surface area contributed by atoms with Crippen LogP contribution >= 0.6 is 0 Å². The minimum absolute atomic E-state index is 0.103. The average molecular weight is 332 g/mol. The maximum absolute atomic E-state index is 12.9. The van der Waals surface area contributed by atoms with E-state index in [0.29, 0.717) is 11.8 Å². The van der Waals surface area contributed by atoms with Crippen molar-refractivity contribution in [3.05, 3.63) is 0 Å². The first-order valence-corrected chi connectivity index (χ1v) is 9.99. The van der Waals surface area contributed by atoms with E-state index in [1.807, 2.05) is 4.90 Å². The van der Waals surface area contributed by atoms with Gasteiger partial charge in [-0.2, -0.15) is 0 Å². The lowest BCUT2D eigenvalue weighted by molar-refractivity contribution is -0.148. The number of carbonyl (C=O) groups excluding carboxylic acids is 2. The molecule has 2 atom stereocenters. The third kappa shape index (κ3) is 2.97. The van der Waals surface area contributed by atoms with E-state index >= 15 is 0 Å². The van der Waals surface area contributed by atoms with E-state index in [2.05, 4.69) is 19.2 Å². The summed E-state index contributed by atoms with van der Waals surface area (Å²) in [5, 5.41) is 3.04. The second-order valence-corrected chi connectivity index (χ2v) is 9.63. The highest BCUT2D eigenvalue weighted by atomic mass is 16.2. The second kappa shape index (κ2) is 6.03. The molecule has 0 spiro atoms. The maximum Gasteiger partial charge on any atom is 0.241 e. The highest BCUT2D eigenvalue weighted by molar-refractivity contribution is 5.88. The van der Waals surface area contributed by atoms with Crippen LogP contribution in [-0.4, -0.2) is 36.3 Å². The number of amides is 2. The number of hydrogen-bond donors (Lipinski definition) is 1. The van der Waals surface area contributed by atoms with Gasteiger partial charge < -0.3 is 10.2 Å². The summed E-state index contributed by atoms with van der Waals surface area (Å²) in [7, 11) is 0. The zero-order valence-corrected chi connectivity index (χ0v) is 15.2. The molecule has 2 unspecified atom stereocenters. The van der Waals surface area contributed by atoms with Crippen LogP contribution in [0.4, 0.5) is 0 Å². The number of carbonyl (C=O) groups is 2. The molecular weight excluding hydrogens is 300 g/mol. The molecule has 0 radical (unpaired) electrons. The van der Waals surface area contributed by atoms with Crippen molar-refractivity contribution < 1.29 is 9.59 Å². The van der Waals surface area contributed by atoms with Crippen LogP contribution in [0.2, 0.25) is 0 Å². The van der Waals surface area contributed by atoms with Gasteiger partial charge in [-0.15, -0.1) is 0 Å². The van der Waals surface area contributed by atoms with E-state index in [1.54, 1.807) is 0 Å². The van der Waals surface area contributed by atoms with Gasteiger partial charge in [0.25, 0.3) is 0 Å². The smallest absolute Gasteiger partial charge is 0.241 e. The molecule has 1 N–H and O–H groups in total. The number of rotatable bonds is 3. The van der Waals surface area contributed by atoms with E-state index in [4.69, 9.17) is 0 Å². The summed E-state index contributed by atoms with van der Waals surface area (Å²) in [5.41, 5.74) is -0.141. The predicted molar refractivity (Wildman–Crippen MR) is 93.1 cm³/mol. The Balaban J connectivity index is 1.34. The minimum atomic E-state index is -0.141. The number of nitrogens with zero attached hydrogens (tertiary/aromatic N) is 1. The fourth-order valence-electron chi connectivity index (χ4n) is 6.71. The molecule has 4 heteroatoms. The molecule has 1 heterocycles. The molecule has 0 aromatic rings. The lowest BCUT2D eigenvalue weighted by atomic mass is 9.49. The molecule has 1 saturated heterocycles. The minimum Gasteiger partial charge on any atom is -0.347 e. The molecule has 2 amide bonds. The number of likely N-dealkylation sites (tertiary alicyclic amines) is 1. The Bertz CT molecular complexity index is 484. The largest absolute Gasteiger partial charge is 0.347 e. The SMILES string of the molecule is CC1CC(C)CN(C(=O)CNC(=O)C23CC4CC(CC(C4)C2)C3)C1. The highest BCUT2D eigenvalue weighted by Crippen LogP contribution is 2.60. The molecule has 5 rings (SSSR count). The monoisotopic (exact) mass is 332 g/mol. The Kier molecular flexibility index (Phi) is 4.12. The summed E-state index contributed by atoms with van der Waals surface area (Å²) < 4.78 is 0. The molecular formula is C20H32N2O2. The van der Waals surface area contributed by atoms with E-state index < -0.39 is 0 Å². The number of piperidine rings is 1. The van der Waals surface area contributed by atoms with Gasteiger partial charge in [0.2, 0.25) is 11.8 Å². The standard InChI is InChI=1S/C20H32N2O2/c1-13-3-14(2)12-22(11-13)18(23)10-21-19(24)20-7-15-4-16(8-20)6-17(5-15)9-20/h13-17H,3-12H2,1-2H3,(H,21,24). The van der Waals surface area contributed by atoms with Gasteiger partial charge >= 0.3 is 0 Å². The molecule has 134 valence electrons. The molecule has 1 aliphatic heterocycles. The van der Waals surface area contributed by atoms with E-state index in [-0.39, 0.29) is 23.8 Å². The zero-order chi connectivity index (χ0) is 16.9. The van der Waals surface area contributed by atoms with E-state index in [0.717, 1.165) is 50.1 Å². The molecule has 0 aromatic carbocycles. The fraction of sp³-hybridized carbons (Fsp3) is 0.900. The Morgan fingerprint density at radius 1 is 0.917 bits per heavy atom. The van der Waals surface area contributed by atoms with Gasteiger partial charge in [0, 0.05) is 18.5 Å². The first-order valence-electron chi connectivity index (χ1n) is 9.99. The summed E-state index contributed by atoms with van der Waals surface area (Å²) >= 11 is 0. The zero-order valence-electron chi connectivity index (χ0n) is 15.2. The van der Waals surface area contributed by atoms with Crippen LogP contribution in [0.5, 0.6) is 0 Å². The van der Waals surface area contributed by atoms with Crippen molar-refractivity contribution in [2.45, 2.75) is 58.8 Å².